The van der Waals surface area contributed by atoms with Crippen LogP contribution in [0, 0.1) is 0 Å². The van der Waals surface area contributed by atoms with E-state index in [0.717, 1.165) is 23.0 Å². The van der Waals surface area contributed by atoms with Crippen molar-refractivity contribution in [3.8, 4) is 0 Å². The van der Waals surface area contributed by atoms with Crippen molar-refractivity contribution in [2.24, 2.45) is 4.99 Å². The van der Waals surface area contributed by atoms with Gasteiger partial charge in [-0.3, -0.25) is 9.59 Å². The first kappa shape index (κ1) is 19.2. The number of carbonyl (C=O) groups excluding carboxylic acids is 2. The van der Waals surface area contributed by atoms with Crippen LogP contribution in [0.1, 0.15) is 5.56 Å². The van der Waals surface area contributed by atoms with E-state index in [1.807, 2.05) is 72.8 Å². The summed E-state index contributed by atoms with van der Waals surface area (Å²) in [6, 6.07) is 25.8. The number of thioether (sulfide) groups is 1. The molecule has 1 aliphatic heterocycles. The summed E-state index contributed by atoms with van der Waals surface area (Å²) in [5.74, 6) is -0.571. The fourth-order valence-electron chi connectivity index (χ4n) is 2.86. The third-order valence-corrected chi connectivity index (χ3v) is 5.34. The Bertz CT molecular complexity index is 1120. The Labute approximate surface area is 177 Å². The second kappa shape index (κ2) is 8.47. The number of nitrogens with zero attached hydrogens (tertiary/aromatic N) is 1. The zero-order valence-electron chi connectivity index (χ0n) is 15.1. The average Bonchev–Trinajstić information content (AvgIpc) is 3.01. The molecule has 0 saturated carbocycles. The second-order valence-corrected chi connectivity index (χ2v) is 7.62. The Morgan fingerprint density at radius 3 is 2.10 bits per heavy atom. The van der Waals surface area contributed by atoms with Gasteiger partial charge in [0.15, 0.2) is 0 Å². The normalized spacial score (nSPS) is 16.9. The molecule has 4 rings (SSSR count). The van der Waals surface area contributed by atoms with E-state index in [0.29, 0.717) is 21.5 Å². The third kappa shape index (κ3) is 4.31. The first-order chi connectivity index (χ1) is 14.1. The Morgan fingerprint density at radius 1 is 0.828 bits per heavy atom. The van der Waals surface area contributed by atoms with Gasteiger partial charge in [0, 0.05) is 10.7 Å². The molecule has 0 aliphatic carbocycles. The number of anilines is 1. The number of para-hydroxylation sites is 2. The van der Waals surface area contributed by atoms with E-state index in [1.165, 1.54) is 0 Å². The highest BCUT2D eigenvalue weighted by Gasteiger charge is 2.37. The lowest BCUT2D eigenvalue weighted by molar-refractivity contribution is -0.128. The number of nitrogens with one attached hydrogen (secondary N) is 1. The predicted molar refractivity (Wildman–Crippen MR) is 120 cm³/mol. The van der Waals surface area contributed by atoms with Crippen molar-refractivity contribution in [3.63, 3.8) is 0 Å². The Morgan fingerprint density at radius 2 is 1.45 bits per heavy atom. The summed E-state index contributed by atoms with van der Waals surface area (Å²) in [4.78, 5) is 29.6. The standard InChI is InChI=1S/C23H15ClN2O2S/c24-16-13-11-15(12-14-16)20(25-17-7-3-1-4-8-17)19-21(27)23(28)29-22(19)26-18-9-5-2-6-10-18/h1-14,25H/b20-19-,26-22?. The number of aliphatic imine (C=N–C) groups is 1. The number of carbonyl (C=O) groups is 2. The predicted octanol–water partition coefficient (Wildman–Crippen LogP) is 5.74. The summed E-state index contributed by atoms with van der Waals surface area (Å²) in [6.07, 6.45) is 0. The van der Waals surface area contributed by atoms with Gasteiger partial charge in [0.1, 0.15) is 5.04 Å². The molecule has 3 aromatic carbocycles. The first-order valence-corrected chi connectivity index (χ1v) is 10.0. The van der Waals surface area contributed by atoms with Crippen LogP contribution in [0.25, 0.3) is 5.70 Å². The number of rotatable bonds is 4. The molecule has 1 saturated heterocycles. The summed E-state index contributed by atoms with van der Waals surface area (Å²) < 4.78 is 0. The van der Waals surface area contributed by atoms with Gasteiger partial charge >= 0.3 is 0 Å². The van der Waals surface area contributed by atoms with Crippen molar-refractivity contribution in [2.45, 2.75) is 0 Å². The van der Waals surface area contributed by atoms with Crippen LogP contribution in [0.5, 0.6) is 0 Å². The van der Waals surface area contributed by atoms with Crippen LogP contribution < -0.4 is 5.32 Å². The van der Waals surface area contributed by atoms with Crippen molar-refractivity contribution in [1.29, 1.82) is 0 Å². The maximum atomic E-state index is 12.8. The number of hydrogen-bond donors (Lipinski definition) is 1. The number of Topliss-reactive ketones (excluding diaryl/α,β-unsaturated/α-hetero) is 1. The SMILES string of the molecule is O=C1SC(=Nc2ccccc2)/C(=C(\Nc2ccccc2)c2ccc(Cl)cc2)C1=O. The van der Waals surface area contributed by atoms with Crippen LogP contribution >= 0.6 is 23.4 Å². The van der Waals surface area contributed by atoms with E-state index in [4.69, 9.17) is 11.6 Å². The monoisotopic (exact) mass is 418 g/mol. The zero-order chi connectivity index (χ0) is 20.2. The van der Waals surface area contributed by atoms with E-state index >= 15 is 0 Å². The number of ketones is 1. The zero-order valence-corrected chi connectivity index (χ0v) is 16.7. The van der Waals surface area contributed by atoms with Crippen molar-refractivity contribution < 1.29 is 9.59 Å². The molecule has 142 valence electrons. The topological polar surface area (TPSA) is 58.5 Å². The molecular weight excluding hydrogens is 404 g/mol. The van der Waals surface area contributed by atoms with E-state index in [1.54, 1.807) is 12.1 Å². The second-order valence-electron chi connectivity index (χ2n) is 6.22. The van der Waals surface area contributed by atoms with E-state index in [2.05, 4.69) is 10.3 Å². The minimum atomic E-state index is -0.571. The summed E-state index contributed by atoms with van der Waals surface area (Å²) in [5.41, 5.74) is 2.98. The molecule has 3 aromatic rings. The molecule has 4 nitrogen and oxygen atoms in total. The minimum Gasteiger partial charge on any atom is -0.354 e. The lowest BCUT2D eigenvalue weighted by Crippen LogP contribution is -2.13. The Kier molecular flexibility index (Phi) is 5.60. The van der Waals surface area contributed by atoms with Crippen LogP contribution in [0.3, 0.4) is 0 Å². The summed E-state index contributed by atoms with van der Waals surface area (Å²) in [7, 11) is 0. The fraction of sp³-hybridized carbons (Fsp3) is 0. The van der Waals surface area contributed by atoms with Gasteiger partial charge in [-0.15, -0.1) is 0 Å². The van der Waals surface area contributed by atoms with Crippen LogP contribution in [0.15, 0.2) is 95.5 Å². The van der Waals surface area contributed by atoms with Crippen molar-refractivity contribution in [2.75, 3.05) is 5.32 Å². The summed E-state index contributed by atoms with van der Waals surface area (Å²) in [6.45, 7) is 0. The smallest absolute Gasteiger partial charge is 0.266 e. The van der Waals surface area contributed by atoms with Gasteiger partial charge in [-0.25, -0.2) is 4.99 Å². The highest BCUT2D eigenvalue weighted by atomic mass is 35.5. The fourth-order valence-corrected chi connectivity index (χ4v) is 3.81. The molecule has 0 aromatic heterocycles. The molecule has 1 fully saturated rings. The summed E-state index contributed by atoms with van der Waals surface area (Å²) >= 11 is 6.89. The van der Waals surface area contributed by atoms with Gasteiger partial charge in [0.2, 0.25) is 5.78 Å². The summed E-state index contributed by atoms with van der Waals surface area (Å²) in [5, 5.41) is 3.70. The largest absolute Gasteiger partial charge is 0.354 e. The van der Waals surface area contributed by atoms with Crippen LogP contribution in [-0.4, -0.2) is 15.9 Å². The van der Waals surface area contributed by atoms with Gasteiger partial charge in [0.05, 0.1) is 17.0 Å². The van der Waals surface area contributed by atoms with Gasteiger partial charge < -0.3 is 5.32 Å². The molecule has 0 spiro atoms. The number of halogens is 1. The van der Waals surface area contributed by atoms with Crippen LogP contribution in [0.2, 0.25) is 5.02 Å². The van der Waals surface area contributed by atoms with Gasteiger partial charge in [0.25, 0.3) is 5.12 Å². The van der Waals surface area contributed by atoms with Crippen molar-refractivity contribution >= 4 is 56.4 Å². The molecule has 29 heavy (non-hydrogen) atoms. The molecule has 6 heteroatoms. The quantitative estimate of drug-likeness (QED) is 0.433. The van der Waals surface area contributed by atoms with E-state index in [9.17, 15) is 9.59 Å². The van der Waals surface area contributed by atoms with Gasteiger partial charge in [-0.1, -0.05) is 60.1 Å². The lowest BCUT2D eigenvalue weighted by atomic mass is 10.0. The van der Waals surface area contributed by atoms with Gasteiger partial charge in [-0.05, 0) is 53.7 Å². The molecule has 0 unspecified atom stereocenters. The number of hydrogen-bond acceptors (Lipinski definition) is 5. The average molecular weight is 419 g/mol. The van der Waals surface area contributed by atoms with E-state index < -0.39 is 10.9 Å². The van der Waals surface area contributed by atoms with Gasteiger partial charge in [-0.2, -0.15) is 0 Å². The molecule has 1 N–H and O–H groups in total. The maximum Gasteiger partial charge on any atom is 0.266 e. The molecule has 1 aliphatic rings. The maximum absolute atomic E-state index is 12.8. The Hall–Kier alpha value is -3.15. The highest BCUT2D eigenvalue weighted by molar-refractivity contribution is 8.29. The number of benzene rings is 3. The molecule has 0 bridgehead atoms. The van der Waals surface area contributed by atoms with Crippen molar-refractivity contribution in [3.05, 3.63) is 101 Å². The molecule has 0 radical (unpaired) electrons. The molecule has 0 amide bonds. The van der Waals surface area contributed by atoms with Crippen molar-refractivity contribution in [1.82, 2.24) is 0 Å². The lowest BCUT2D eigenvalue weighted by Gasteiger charge is -2.14. The third-order valence-electron chi connectivity index (χ3n) is 4.23. The van der Waals surface area contributed by atoms with Crippen LogP contribution in [-0.2, 0) is 9.59 Å². The first-order valence-electron chi connectivity index (χ1n) is 8.85. The Balaban J connectivity index is 1.90. The molecule has 1 heterocycles. The van der Waals surface area contributed by atoms with Crippen LogP contribution in [0.4, 0.5) is 11.4 Å². The van der Waals surface area contributed by atoms with E-state index in [-0.39, 0.29) is 5.57 Å². The molecular formula is C23H15ClN2O2S. The molecule has 0 atom stereocenters. The minimum absolute atomic E-state index is 0.259. The highest BCUT2D eigenvalue weighted by Crippen LogP contribution is 2.34.